The number of hydrogen-bond donors (Lipinski definition) is 2. The van der Waals surface area contributed by atoms with E-state index in [2.05, 4.69) is 15.6 Å². The van der Waals surface area contributed by atoms with Crippen LogP contribution in [0, 0.1) is 5.92 Å². The number of aromatic nitrogens is 1. The van der Waals surface area contributed by atoms with Gasteiger partial charge in [0.1, 0.15) is 11.9 Å². The number of nitrogens with zero attached hydrogens (tertiary/aromatic N) is 2. The summed E-state index contributed by atoms with van der Waals surface area (Å²) in [5.41, 5.74) is 1.51. The molecule has 0 aliphatic rings. The predicted molar refractivity (Wildman–Crippen MR) is 104 cm³/mol. The van der Waals surface area contributed by atoms with Crippen molar-refractivity contribution in [2.75, 3.05) is 24.3 Å². The van der Waals surface area contributed by atoms with E-state index < -0.39 is 6.04 Å². The van der Waals surface area contributed by atoms with Gasteiger partial charge in [0, 0.05) is 14.1 Å². The molecule has 2 N–H and O–H groups in total. The van der Waals surface area contributed by atoms with Gasteiger partial charge in [-0.1, -0.05) is 44.2 Å². The van der Waals surface area contributed by atoms with E-state index in [1.807, 2.05) is 69.2 Å². The largest absolute Gasteiger partial charge is 0.363 e. The Bertz CT molecular complexity index is 727. The van der Waals surface area contributed by atoms with Crippen molar-refractivity contribution in [3.8, 4) is 0 Å². The molecule has 2 amide bonds. The van der Waals surface area contributed by atoms with Crippen molar-refractivity contribution >= 4 is 23.3 Å². The van der Waals surface area contributed by atoms with Gasteiger partial charge in [0.2, 0.25) is 11.8 Å². The van der Waals surface area contributed by atoms with Crippen LogP contribution >= 0.6 is 0 Å². The van der Waals surface area contributed by atoms with E-state index in [4.69, 9.17) is 0 Å². The molecule has 1 aromatic carbocycles. The molecular weight excluding hydrogens is 328 g/mol. The van der Waals surface area contributed by atoms with E-state index in [-0.39, 0.29) is 24.2 Å². The van der Waals surface area contributed by atoms with E-state index in [0.29, 0.717) is 5.69 Å². The van der Waals surface area contributed by atoms with Gasteiger partial charge in [0.05, 0.1) is 18.3 Å². The van der Waals surface area contributed by atoms with Crippen molar-refractivity contribution in [1.82, 2.24) is 10.3 Å². The van der Waals surface area contributed by atoms with E-state index in [0.717, 1.165) is 11.4 Å². The van der Waals surface area contributed by atoms with Crippen LogP contribution in [0.3, 0.4) is 0 Å². The van der Waals surface area contributed by atoms with Crippen molar-refractivity contribution in [3.05, 3.63) is 54.2 Å². The molecule has 0 fully saturated rings. The number of rotatable bonds is 7. The molecule has 138 valence electrons. The number of amides is 2. The number of benzene rings is 1. The minimum atomic E-state index is -0.611. The third kappa shape index (κ3) is 5.58. The molecule has 6 nitrogen and oxygen atoms in total. The Labute approximate surface area is 154 Å². The van der Waals surface area contributed by atoms with E-state index in [9.17, 15) is 9.59 Å². The maximum Gasteiger partial charge on any atom is 0.247 e. The summed E-state index contributed by atoms with van der Waals surface area (Å²) in [5.74, 6) is 0.343. The summed E-state index contributed by atoms with van der Waals surface area (Å²) in [6.07, 6.45) is 1.85. The van der Waals surface area contributed by atoms with Gasteiger partial charge in [-0.2, -0.15) is 0 Å². The highest BCUT2D eigenvalue weighted by molar-refractivity contribution is 5.97. The molecule has 0 radical (unpaired) electrons. The average Bonchev–Trinajstić information content (AvgIpc) is 2.60. The Morgan fingerprint density at radius 1 is 1.08 bits per heavy atom. The number of pyridine rings is 1. The summed E-state index contributed by atoms with van der Waals surface area (Å²) in [6, 6.07) is 12.5. The number of carbonyl (C=O) groups excluding carboxylic acids is 2. The zero-order valence-corrected chi connectivity index (χ0v) is 15.7. The zero-order chi connectivity index (χ0) is 19.1. The summed E-state index contributed by atoms with van der Waals surface area (Å²) in [7, 11) is 3.80. The fourth-order valence-corrected chi connectivity index (χ4v) is 2.49. The average molecular weight is 354 g/mol. The highest BCUT2D eigenvalue weighted by Gasteiger charge is 2.24. The minimum absolute atomic E-state index is 0.0382. The molecule has 26 heavy (non-hydrogen) atoms. The van der Waals surface area contributed by atoms with Crippen molar-refractivity contribution < 1.29 is 9.59 Å². The third-order valence-electron chi connectivity index (χ3n) is 3.95. The molecule has 6 heteroatoms. The summed E-state index contributed by atoms with van der Waals surface area (Å²) in [5, 5.41) is 5.66. The van der Waals surface area contributed by atoms with Crippen LogP contribution in [-0.4, -0.2) is 36.9 Å². The number of carbonyl (C=O) groups is 2. The summed E-state index contributed by atoms with van der Waals surface area (Å²) in [6.45, 7) is 3.81. The maximum absolute atomic E-state index is 12.6. The van der Waals surface area contributed by atoms with Crippen LogP contribution in [0.1, 0.15) is 19.4 Å². The monoisotopic (exact) mass is 354 g/mol. The summed E-state index contributed by atoms with van der Waals surface area (Å²) < 4.78 is 0. The highest BCUT2D eigenvalue weighted by Crippen LogP contribution is 2.13. The predicted octanol–water partition coefficient (Wildman–Crippen LogP) is 2.47. The minimum Gasteiger partial charge on any atom is -0.363 e. The van der Waals surface area contributed by atoms with Crippen LogP contribution in [0.15, 0.2) is 48.7 Å². The first-order valence-corrected chi connectivity index (χ1v) is 8.64. The lowest BCUT2D eigenvalue weighted by Crippen LogP contribution is -2.47. The zero-order valence-electron chi connectivity index (χ0n) is 15.7. The first-order chi connectivity index (χ1) is 12.4. The fourth-order valence-electron chi connectivity index (χ4n) is 2.49. The van der Waals surface area contributed by atoms with Gasteiger partial charge < -0.3 is 15.5 Å². The summed E-state index contributed by atoms with van der Waals surface area (Å²) in [4.78, 5) is 31.0. The Kier molecular flexibility index (Phi) is 6.72. The Hall–Kier alpha value is -2.89. The first kappa shape index (κ1) is 19.4. The number of hydrogen-bond acceptors (Lipinski definition) is 4. The molecular formula is C20H26N4O2. The van der Waals surface area contributed by atoms with Gasteiger partial charge in [0.15, 0.2) is 0 Å². The molecule has 0 saturated carbocycles. The highest BCUT2D eigenvalue weighted by atomic mass is 16.2. The molecule has 0 aliphatic carbocycles. The molecule has 1 aromatic heterocycles. The number of nitrogens with one attached hydrogen (secondary N) is 2. The first-order valence-electron chi connectivity index (χ1n) is 8.64. The SMILES string of the molecule is CC(C)[C@H](NC(=O)Cc1ccccc1)C(=O)Nc1ccc(N(C)C)nc1. The quantitative estimate of drug-likeness (QED) is 0.801. The smallest absolute Gasteiger partial charge is 0.247 e. The second-order valence-corrected chi connectivity index (χ2v) is 6.74. The van der Waals surface area contributed by atoms with Crippen molar-refractivity contribution in [2.24, 2.45) is 5.92 Å². The topological polar surface area (TPSA) is 74.3 Å². The van der Waals surface area contributed by atoms with Crippen LogP contribution in [0.5, 0.6) is 0 Å². The maximum atomic E-state index is 12.6. The Balaban J connectivity index is 1.99. The van der Waals surface area contributed by atoms with Gasteiger partial charge >= 0.3 is 0 Å². The molecule has 2 aromatic rings. The lowest BCUT2D eigenvalue weighted by molar-refractivity contribution is -0.127. The van der Waals surface area contributed by atoms with Crippen molar-refractivity contribution in [3.63, 3.8) is 0 Å². The third-order valence-corrected chi connectivity index (χ3v) is 3.95. The van der Waals surface area contributed by atoms with Gasteiger partial charge in [-0.05, 0) is 23.6 Å². The van der Waals surface area contributed by atoms with Crippen LogP contribution in [-0.2, 0) is 16.0 Å². The van der Waals surface area contributed by atoms with Crippen LogP contribution in [0.25, 0.3) is 0 Å². The second-order valence-electron chi connectivity index (χ2n) is 6.74. The van der Waals surface area contributed by atoms with E-state index in [1.165, 1.54) is 0 Å². The normalized spacial score (nSPS) is 11.7. The van der Waals surface area contributed by atoms with E-state index in [1.54, 1.807) is 12.3 Å². The summed E-state index contributed by atoms with van der Waals surface area (Å²) >= 11 is 0. The van der Waals surface area contributed by atoms with Gasteiger partial charge in [-0.3, -0.25) is 9.59 Å². The van der Waals surface area contributed by atoms with Crippen LogP contribution < -0.4 is 15.5 Å². The molecule has 0 saturated heterocycles. The Morgan fingerprint density at radius 2 is 1.77 bits per heavy atom. The van der Waals surface area contributed by atoms with Crippen LogP contribution in [0.4, 0.5) is 11.5 Å². The molecule has 0 spiro atoms. The standard InChI is InChI=1S/C20H26N4O2/c1-14(2)19(23-18(25)12-15-8-6-5-7-9-15)20(26)22-16-10-11-17(21-13-16)24(3)4/h5-11,13-14,19H,12H2,1-4H3,(H,22,26)(H,23,25)/t19-/m0/s1. The van der Waals surface area contributed by atoms with Gasteiger partial charge in [0.25, 0.3) is 0 Å². The van der Waals surface area contributed by atoms with Gasteiger partial charge in [-0.25, -0.2) is 4.98 Å². The molecule has 1 atom stereocenters. The fraction of sp³-hybridized carbons (Fsp3) is 0.350. The molecule has 2 rings (SSSR count). The lowest BCUT2D eigenvalue weighted by Gasteiger charge is -2.22. The lowest BCUT2D eigenvalue weighted by atomic mass is 10.0. The molecule has 0 unspecified atom stereocenters. The second kappa shape index (κ2) is 8.99. The van der Waals surface area contributed by atoms with Crippen LogP contribution in [0.2, 0.25) is 0 Å². The van der Waals surface area contributed by atoms with Crippen molar-refractivity contribution in [2.45, 2.75) is 26.3 Å². The number of anilines is 2. The van der Waals surface area contributed by atoms with Gasteiger partial charge in [-0.15, -0.1) is 0 Å². The van der Waals surface area contributed by atoms with E-state index >= 15 is 0 Å². The molecule has 1 heterocycles. The molecule has 0 aliphatic heterocycles. The molecule has 0 bridgehead atoms. The van der Waals surface area contributed by atoms with Crippen molar-refractivity contribution in [1.29, 1.82) is 0 Å². The Morgan fingerprint density at radius 3 is 2.31 bits per heavy atom.